The minimum absolute atomic E-state index is 0.257. The summed E-state index contributed by atoms with van der Waals surface area (Å²) < 4.78 is 4.93. The third kappa shape index (κ3) is 2.91. The first-order chi connectivity index (χ1) is 9.02. The van der Waals surface area contributed by atoms with Gasteiger partial charge in [-0.1, -0.05) is 23.2 Å². The molecule has 0 saturated heterocycles. The predicted molar refractivity (Wildman–Crippen MR) is 74.7 cm³/mol. The highest BCUT2D eigenvalue weighted by Gasteiger charge is 2.18. The normalized spacial score (nSPS) is 10.5. The highest BCUT2D eigenvalue weighted by atomic mass is 35.5. The number of H-pyrrole nitrogens is 1. The Kier molecular flexibility index (Phi) is 4.12. The molecule has 0 aliphatic heterocycles. The third-order valence-corrected chi connectivity index (χ3v) is 3.10. The molecule has 0 spiro atoms. The summed E-state index contributed by atoms with van der Waals surface area (Å²) in [6.07, 6.45) is 0. The van der Waals surface area contributed by atoms with E-state index in [-0.39, 0.29) is 5.69 Å². The molecular formula is C13H12Cl2N2O2. The van der Waals surface area contributed by atoms with E-state index < -0.39 is 5.97 Å². The van der Waals surface area contributed by atoms with Gasteiger partial charge in [-0.05, 0) is 32.0 Å². The maximum absolute atomic E-state index is 11.7. The lowest BCUT2D eigenvalue weighted by Gasteiger charge is -2.01. The molecule has 4 nitrogen and oxygen atoms in total. The Labute approximate surface area is 120 Å². The van der Waals surface area contributed by atoms with Gasteiger partial charge in [0.25, 0.3) is 0 Å². The van der Waals surface area contributed by atoms with Crippen molar-refractivity contribution in [2.45, 2.75) is 13.8 Å². The van der Waals surface area contributed by atoms with Crippen LogP contribution in [0.5, 0.6) is 0 Å². The van der Waals surface area contributed by atoms with E-state index in [0.29, 0.717) is 33.7 Å². The Balaban J connectivity index is 2.44. The number of nitrogens with one attached hydrogen (secondary N) is 1. The number of halogens is 2. The number of benzene rings is 1. The number of hydrogen-bond donors (Lipinski definition) is 1. The van der Waals surface area contributed by atoms with Gasteiger partial charge in [-0.15, -0.1) is 0 Å². The largest absolute Gasteiger partial charge is 0.461 e. The van der Waals surface area contributed by atoms with Crippen molar-refractivity contribution in [2.24, 2.45) is 0 Å². The van der Waals surface area contributed by atoms with E-state index in [4.69, 9.17) is 27.9 Å². The summed E-state index contributed by atoms with van der Waals surface area (Å²) >= 11 is 12.0. The second-order valence-corrected chi connectivity index (χ2v) is 4.75. The SMILES string of the molecule is CCOC(=O)c1nc(-c2cc(Cl)ccc2Cl)[nH]c1C. The molecule has 0 amide bonds. The molecule has 0 aliphatic rings. The van der Waals surface area contributed by atoms with E-state index >= 15 is 0 Å². The van der Waals surface area contributed by atoms with Crippen LogP contribution in [0, 0.1) is 6.92 Å². The molecular weight excluding hydrogens is 287 g/mol. The van der Waals surface area contributed by atoms with Crippen LogP contribution in [0.25, 0.3) is 11.4 Å². The van der Waals surface area contributed by atoms with Crippen LogP contribution in [0.1, 0.15) is 23.1 Å². The average molecular weight is 299 g/mol. The molecule has 19 heavy (non-hydrogen) atoms. The lowest BCUT2D eigenvalue weighted by atomic mass is 10.2. The van der Waals surface area contributed by atoms with Crippen molar-refractivity contribution in [2.75, 3.05) is 6.61 Å². The van der Waals surface area contributed by atoms with E-state index in [1.54, 1.807) is 32.0 Å². The van der Waals surface area contributed by atoms with Gasteiger partial charge in [0, 0.05) is 16.3 Å². The number of nitrogens with zero attached hydrogens (tertiary/aromatic N) is 1. The monoisotopic (exact) mass is 298 g/mol. The van der Waals surface area contributed by atoms with Gasteiger partial charge < -0.3 is 9.72 Å². The number of aromatic amines is 1. The number of hydrogen-bond acceptors (Lipinski definition) is 3. The molecule has 1 heterocycles. The number of imidazole rings is 1. The van der Waals surface area contributed by atoms with Gasteiger partial charge in [-0.2, -0.15) is 0 Å². The van der Waals surface area contributed by atoms with Gasteiger partial charge in [-0.3, -0.25) is 0 Å². The van der Waals surface area contributed by atoms with Crippen LogP contribution in [0.3, 0.4) is 0 Å². The highest BCUT2D eigenvalue weighted by molar-refractivity contribution is 6.35. The van der Waals surface area contributed by atoms with Crippen molar-refractivity contribution in [3.63, 3.8) is 0 Å². The first kappa shape index (κ1) is 13.9. The van der Waals surface area contributed by atoms with Gasteiger partial charge in [0.1, 0.15) is 5.82 Å². The summed E-state index contributed by atoms with van der Waals surface area (Å²) in [6, 6.07) is 5.06. The van der Waals surface area contributed by atoms with E-state index in [9.17, 15) is 4.79 Å². The summed E-state index contributed by atoms with van der Waals surface area (Å²) in [5.74, 6) is 0.0358. The van der Waals surface area contributed by atoms with Crippen LogP contribution >= 0.6 is 23.2 Å². The summed E-state index contributed by atoms with van der Waals surface area (Å²) in [5.41, 5.74) is 1.53. The number of aryl methyl sites for hydroxylation is 1. The van der Waals surface area contributed by atoms with Gasteiger partial charge in [0.05, 0.1) is 11.6 Å². The van der Waals surface area contributed by atoms with Gasteiger partial charge in [-0.25, -0.2) is 9.78 Å². The van der Waals surface area contributed by atoms with E-state index in [1.807, 2.05) is 0 Å². The van der Waals surface area contributed by atoms with Crippen LogP contribution in [0.4, 0.5) is 0 Å². The number of carbonyl (C=O) groups is 1. The van der Waals surface area contributed by atoms with Crippen LogP contribution in [0.2, 0.25) is 10.0 Å². The number of aromatic nitrogens is 2. The zero-order valence-corrected chi connectivity index (χ0v) is 12.0. The molecule has 100 valence electrons. The Hall–Kier alpha value is -1.52. The summed E-state index contributed by atoms with van der Waals surface area (Å²) in [5, 5.41) is 1.06. The predicted octanol–water partition coefficient (Wildman–Crippen LogP) is 3.87. The summed E-state index contributed by atoms with van der Waals surface area (Å²) in [4.78, 5) is 18.9. The van der Waals surface area contributed by atoms with Gasteiger partial charge in [0.15, 0.2) is 5.69 Å². The minimum Gasteiger partial charge on any atom is -0.461 e. The van der Waals surface area contributed by atoms with Crippen LogP contribution in [-0.2, 0) is 4.74 Å². The lowest BCUT2D eigenvalue weighted by molar-refractivity contribution is 0.0519. The zero-order valence-electron chi connectivity index (χ0n) is 10.5. The molecule has 0 bridgehead atoms. The first-order valence-electron chi connectivity index (χ1n) is 5.72. The average Bonchev–Trinajstić information content (AvgIpc) is 2.74. The quantitative estimate of drug-likeness (QED) is 0.875. The maximum atomic E-state index is 11.7. The van der Waals surface area contributed by atoms with Crippen molar-refractivity contribution in [3.05, 3.63) is 39.6 Å². The fraction of sp³-hybridized carbons (Fsp3) is 0.231. The second-order valence-electron chi connectivity index (χ2n) is 3.90. The number of carbonyl (C=O) groups excluding carboxylic acids is 1. The van der Waals surface area contributed by atoms with Crippen LogP contribution in [0.15, 0.2) is 18.2 Å². The topological polar surface area (TPSA) is 55.0 Å². The smallest absolute Gasteiger partial charge is 0.358 e. The summed E-state index contributed by atoms with van der Waals surface area (Å²) in [6.45, 7) is 3.80. The fourth-order valence-corrected chi connectivity index (χ4v) is 2.04. The number of ether oxygens (including phenoxy) is 1. The molecule has 0 aliphatic carbocycles. The number of esters is 1. The Morgan fingerprint density at radius 2 is 2.16 bits per heavy atom. The maximum Gasteiger partial charge on any atom is 0.358 e. The van der Waals surface area contributed by atoms with Gasteiger partial charge in [0.2, 0.25) is 0 Å². The molecule has 1 N–H and O–H groups in total. The molecule has 6 heteroatoms. The van der Waals surface area contributed by atoms with E-state index in [1.165, 1.54) is 0 Å². The molecule has 0 radical (unpaired) electrons. The van der Waals surface area contributed by atoms with Crippen molar-refractivity contribution in [1.29, 1.82) is 0 Å². The standard InChI is InChI=1S/C13H12Cl2N2O2/c1-3-19-13(18)11-7(2)16-12(17-11)9-6-8(14)4-5-10(9)15/h4-6H,3H2,1-2H3,(H,16,17). The van der Waals surface area contributed by atoms with Crippen molar-refractivity contribution < 1.29 is 9.53 Å². The molecule has 1 aromatic heterocycles. The highest BCUT2D eigenvalue weighted by Crippen LogP contribution is 2.29. The second kappa shape index (κ2) is 5.63. The summed E-state index contributed by atoms with van der Waals surface area (Å²) in [7, 11) is 0. The molecule has 0 atom stereocenters. The van der Waals surface area contributed by atoms with Crippen molar-refractivity contribution >= 4 is 29.2 Å². The zero-order chi connectivity index (χ0) is 14.0. The molecule has 0 fully saturated rings. The minimum atomic E-state index is -0.458. The van der Waals surface area contributed by atoms with Gasteiger partial charge >= 0.3 is 5.97 Å². The Bertz CT molecular complexity index is 623. The fourth-order valence-electron chi connectivity index (χ4n) is 1.67. The van der Waals surface area contributed by atoms with Crippen LogP contribution in [-0.4, -0.2) is 22.5 Å². The third-order valence-electron chi connectivity index (χ3n) is 2.54. The lowest BCUT2D eigenvalue weighted by Crippen LogP contribution is -2.06. The molecule has 2 rings (SSSR count). The molecule has 0 unspecified atom stereocenters. The Morgan fingerprint density at radius 3 is 2.84 bits per heavy atom. The Morgan fingerprint density at radius 1 is 1.42 bits per heavy atom. The van der Waals surface area contributed by atoms with Crippen molar-refractivity contribution in [3.8, 4) is 11.4 Å². The first-order valence-corrected chi connectivity index (χ1v) is 6.47. The van der Waals surface area contributed by atoms with Crippen LogP contribution < -0.4 is 0 Å². The molecule has 2 aromatic rings. The van der Waals surface area contributed by atoms with Crippen molar-refractivity contribution in [1.82, 2.24) is 9.97 Å². The van der Waals surface area contributed by atoms with E-state index in [0.717, 1.165) is 0 Å². The number of rotatable bonds is 3. The van der Waals surface area contributed by atoms with E-state index in [2.05, 4.69) is 9.97 Å². The molecule has 0 saturated carbocycles. The molecule has 1 aromatic carbocycles.